The molecule has 0 fully saturated rings. The third kappa shape index (κ3) is 2.73. The Morgan fingerprint density at radius 2 is 2.00 bits per heavy atom. The normalized spacial score (nSPS) is 12.6. The van der Waals surface area contributed by atoms with Crippen molar-refractivity contribution in [2.45, 2.75) is 25.8 Å². The van der Waals surface area contributed by atoms with E-state index in [0.29, 0.717) is 0 Å². The summed E-state index contributed by atoms with van der Waals surface area (Å²) in [6.07, 6.45) is -2.51. The maximum atomic E-state index is 11.8. The van der Waals surface area contributed by atoms with E-state index in [0.717, 1.165) is 4.90 Å². The Labute approximate surface area is 70.0 Å². The molecule has 12 heavy (non-hydrogen) atoms. The van der Waals surface area contributed by atoms with Gasteiger partial charge in [0.25, 0.3) is 6.43 Å². The van der Waals surface area contributed by atoms with Gasteiger partial charge in [-0.05, 0) is 20.9 Å². The summed E-state index contributed by atoms with van der Waals surface area (Å²) in [6.45, 7) is 2.24. The number of carboxylic acid groups (broad SMARTS) is 1. The first kappa shape index (κ1) is 11.3. The summed E-state index contributed by atoms with van der Waals surface area (Å²) in [7, 11) is 1.36. The second kappa shape index (κ2) is 3.80. The van der Waals surface area contributed by atoms with Crippen LogP contribution in [0.1, 0.15) is 13.8 Å². The highest BCUT2D eigenvalue weighted by molar-refractivity contribution is 5.77. The molecule has 0 aliphatic heterocycles. The molecule has 3 nitrogen and oxygen atoms in total. The Balaban J connectivity index is 4.25. The average molecular weight is 181 g/mol. The molecule has 0 spiro atoms. The monoisotopic (exact) mass is 181 g/mol. The lowest BCUT2D eigenvalue weighted by Crippen LogP contribution is -2.49. The molecular weight excluding hydrogens is 168 g/mol. The third-order valence-electron chi connectivity index (χ3n) is 1.89. The number of halogens is 2. The van der Waals surface area contributed by atoms with Crippen LogP contribution in [0.25, 0.3) is 0 Å². The fraction of sp³-hybridized carbons (Fsp3) is 0.857. The molecule has 0 aromatic carbocycles. The zero-order valence-electron chi connectivity index (χ0n) is 7.34. The minimum atomic E-state index is -2.51. The molecule has 5 heteroatoms. The summed E-state index contributed by atoms with van der Waals surface area (Å²) in [5.41, 5.74) is -1.24. The number of aliphatic carboxylic acids is 1. The first-order valence-electron chi connectivity index (χ1n) is 3.51. The molecule has 0 saturated heterocycles. The number of nitrogens with zero attached hydrogens (tertiary/aromatic N) is 1. The lowest BCUT2D eigenvalue weighted by molar-refractivity contribution is -0.149. The van der Waals surface area contributed by atoms with E-state index >= 15 is 0 Å². The Morgan fingerprint density at radius 3 is 2.25 bits per heavy atom. The average Bonchev–Trinajstić information content (AvgIpc) is 1.85. The van der Waals surface area contributed by atoms with Crippen LogP contribution in [-0.2, 0) is 4.79 Å². The van der Waals surface area contributed by atoms with Crippen molar-refractivity contribution in [2.75, 3.05) is 13.6 Å². The fourth-order valence-corrected chi connectivity index (χ4v) is 0.599. The van der Waals surface area contributed by atoms with E-state index in [2.05, 4.69) is 0 Å². The van der Waals surface area contributed by atoms with E-state index in [1.807, 2.05) is 0 Å². The van der Waals surface area contributed by atoms with Gasteiger partial charge >= 0.3 is 5.97 Å². The summed E-state index contributed by atoms with van der Waals surface area (Å²) >= 11 is 0. The first-order chi connectivity index (χ1) is 5.28. The number of carboxylic acids is 1. The van der Waals surface area contributed by atoms with Gasteiger partial charge in [0.05, 0.1) is 6.54 Å². The minimum absolute atomic E-state index is 0.528. The molecule has 0 aromatic rings. The second-order valence-electron chi connectivity index (χ2n) is 3.14. The van der Waals surface area contributed by atoms with Crippen molar-refractivity contribution >= 4 is 5.97 Å². The molecule has 72 valence electrons. The number of hydrogen-bond acceptors (Lipinski definition) is 2. The second-order valence-corrected chi connectivity index (χ2v) is 3.14. The Kier molecular flexibility index (Phi) is 3.57. The molecule has 0 amide bonds. The maximum absolute atomic E-state index is 11.8. The first-order valence-corrected chi connectivity index (χ1v) is 3.51. The molecule has 0 aromatic heterocycles. The molecule has 0 bridgehead atoms. The molecule has 0 aliphatic rings. The zero-order valence-corrected chi connectivity index (χ0v) is 7.34. The largest absolute Gasteiger partial charge is 0.480 e. The molecule has 0 heterocycles. The van der Waals surface area contributed by atoms with Crippen LogP contribution in [0, 0.1) is 0 Å². The van der Waals surface area contributed by atoms with Gasteiger partial charge in [-0.1, -0.05) is 0 Å². The summed E-state index contributed by atoms with van der Waals surface area (Å²) in [5, 5.41) is 8.64. The third-order valence-corrected chi connectivity index (χ3v) is 1.89. The number of likely N-dealkylation sites (N-methyl/N-ethyl adjacent to an activating group) is 1. The van der Waals surface area contributed by atoms with E-state index < -0.39 is 24.5 Å². The predicted molar refractivity (Wildman–Crippen MR) is 40.3 cm³/mol. The fourth-order valence-electron chi connectivity index (χ4n) is 0.599. The van der Waals surface area contributed by atoms with Gasteiger partial charge < -0.3 is 5.11 Å². The van der Waals surface area contributed by atoms with Crippen molar-refractivity contribution in [3.8, 4) is 0 Å². The lowest BCUT2D eigenvalue weighted by Gasteiger charge is -2.30. The quantitative estimate of drug-likeness (QED) is 0.704. The van der Waals surface area contributed by atoms with E-state index in [1.54, 1.807) is 0 Å². The molecule has 0 radical (unpaired) electrons. The number of alkyl halides is 2. The number of rotatable bonds is 4. The van der Waals surface area contributed by atoms with Gasteiger partial charge in [0.1, 0.15) is 5.54 Å². The van der Waals surface area contributed by atoms with Gasteiger partial charge in [0.2, 0.25) is 0 Å². The molecule has 1 N–H and O–H groups in total. The van der Waals surface area contributed by atoms with Gasteiger partial charge in [0, 0.05) is 0 Å². The van der Waals surface area contributed by atoms with Gasteiger partial charge in [0.15, 0.2) is 0 Å². The SMILES string of the molecule is CN(CC(F)F)C(C)(C)C(=O)O. The van der Waals surface area contributed by atoms with Crippen molar-refractivity contribution in [3.05, 3.63) is 0 Å². The van der Waals surface area contributed by atoms with Crippen molar-refractivity contribution in [1.82, 2.24) is 4.90 Å². The van der Waals surface area contributed by atoms with Crippen LogP contribution in [0.2, 0.25) is 0 Å². The van der Waals surface area contributed by atoms with Crippen LogP contribution < -0.4 is 0 Å². The van der Waals surface area contributed by atoms with Gasteiger partial charge in [-0.2, -0.15) is 0 Å². The molecule has 0 aliphatic carbocycles. The van der Waals surface area contributed by atoms with Crippen molar-refractivity contribution in [1.29, 1.82) is 0 Å². The van der Waals surface area contributed by atoms with E-state index in [1.165, 1.54) is 20.9 Å². The highest BCUT2D eigenvalue weighted by atomic mass is 19.3. The van der Waals surface area contributed by atoms with Crippen molar-refractivity contribution in [3.63, 3.8) is 0 Å². The topological polar surface area (TPSA) is 40.5 Å². The Hall–Kier alpha value is -0.710. The smallest absolute Gasteiger partial charge is 0.323 e. The molecule has 0 rings (SSSR count). The molecule has 0 atom stereocenters. The van der Waals surface area contributed by atoms with Crippen molar-refractivity contribution in [2.24, 2.45) is 0 Å². The van der Waals surface area contributed by atoms with Crippen LogP contribution in [0.15, 0.2) is 0 Å². The summed E-state index contributed by atoms with van der Waals surface area (Å²) in [4.78, 5) is 11.7. The van der Waals surface area contributed by atoms with Crippen LogP contribution in [0.3, 0.4) is 0 Å². The minimum Gasteiger partial charge on any atom is -0.480 e. The Bertz CT molecular complexity index is 171. The van der Waals surface area contributed by atoms with E-state index in [-0.39, 0.29) is 0 Å². The van der Waals surface area contributed by atoms with Crippen molar-refractivity contribution < 1.29 is 18.7 Å². The van der Waals surface area contributed by atoms with Gasteiger partial charge in [-0.15, -0.1) is 0 Å². The summed E-state index contributed by atoms with van der Waals surface area (Å²) in [5.74, 6) is -1.11. The van der Waals surface area contributed by atoms with Gasteiger partial charge in [-0.25, -0.2) is 8.78 Å². The molecule has 0 saturated carbocycles. The number of carbonyl (C=O) groups is 1. The van der Waals surface area contributed by atoms with E-state index in [9.17, 15) is 13.6 Å². The summed E-state index contributed by atoms with van der Waals surface area (Å²) < 4.78 is 23.7. The standard InChI is InChI=1S/C7H13F2NO2/c1-7(2,6(11)12)10(3)4-5(8)9/h5H,4H2,1-3H3,(H,11,12). The summed E-state index contributed by atoms with van der Waals surface area (Å²) in [6, 6.07) is 0. The number of hydrogen-bond donors (Lipinski definition) is 1. The Morgan fingerprint density at radius 1 is 1.58 bits per heavy atom. The zero-order chi connectivity index (χ0) is 9.94. The van der Waals surface area contributed by atoms with Crippen LogP contribution in [0.4, 0.5) is 8.78 Å². The van der Waals surface area contributed by atoms with Crippen LogP contribution in [-0.4, -0.2) is 41.5 Å². The highest BCUT2D eigenvalue weighted by Crippen LogP contribution is 2.13. The lowest BCUT2D eigenvalue weighted by atomic mass is 10.0. The maximum Gasteiger partial charge on any atom is 0.323 e. The van der Waals surface area contributed by atoms with Crippen LogP contribution in [0.5, 0.6) is 0 Å². The molecule has 0 unspecified atom stereocenters. The highest BCUT2D eigenvalue weighted by Gasteiger charge is 2.33. The van der Waals surface area contributed by atoms with E-state index in [4.69, 9.17) is 5.11 Å². The predicted octanol–water partition coefficient (Wildman–Crippen LogP) is 1.05. The van der Waals surface area contributed by atoms with Gasteiger partial charge in [-0.3, -0.25) is 9.69 Å². The molecular formula is C7H13F2NO2. The van der Waals surface area contributed by atoms with Crippen LogP contribution >= 0.6 is 0 Å².